The van der Waals surface area contributed by atoms with Gasteiger partial charge in [0.1, 0.15) is 5.52 Å². The molecule has 20 heavy (non-hydrogen) atoms. The van der Waals surface area contributed by atoms with Crippen LogP contribution in [0.4, 0.5) is 5.69 Å². The van der Waals surface area contributed by atoms with Crippen molar-refractivity contribution in [1.82, 2.24) is 4.98 Å². The third kappa shape index (κ3) is 1.78. The van der Waals surface area contributed by atoms with E-state index in [-0.39, 0.29) is 5.92 Å². The SMILES string of the molecule is Nc1ccc2nc(C3CCCc4ccccc43)oc2c1. The molecular formula is C17H16N2O. The molecule has 0 saturated carbocycles. The fourth-order valence-corrected chi connectivity index (χ4v) is 3.12. The summed E-state index contributed by atoms with van der Waals surface area (Å²) in [6.07, 6.45) is 3.43. The number of anilines is 1. The highest BCUT2D eigenvalue weighted by atomic mass is 16.3. The molecule has 2 aromatic carbocycles. The van der Waals surface area contributed by atoms with E-state index in [0.717, 1.165) is 29.8 Å². The summed E-state index contributed by atoms with van der Waals surface area (Å²) in [5.74, 6) is 1.09. The van der Waals surface area contributed by atoms with E-state index < -0.39 is 0 Å². The van der Waals surface area contributed by atoms with Crippen LogP contribution in [0, 0.1) is 0 Å². The van der Waals surface area contributed by atoms with Crippen molar-refractivity contribution in [3.8, 4) is 0 Å². The van der Waals surface area contributed by atoms with Gasteiger partial charge in [-0.05, 0) is 42.5 Å². The van der Waals surface area contributed by atoms with Gasteiger partial charge in [0.15, 0.2) is 5.58 Å². The van der Waals surface area contributed by atoms with Gasteiger partial charge >= 0.3 is 0 Å². The Bertz CT molecular complexity index is 776. The van der Waals surface area contributed by atoms with Crippen LogP contribution >= 0.6 is 0 Å². The first-order valence-electron chi connectivity index (χ1n) is 7.05. The number of benzene rings is 2. The molecule has 1 atom stereocenters. The molecule has 0 amide bonds. The monoisotopic (exact) mass is 264 g/mol. The molecule has 3 nitrogen and oxygen atoms in total. The second-order valence-electron chi connectivity index (χ2n) is 5.42. The van der Waals surface area contributed by atoms with Crippen molar-refractivity contribution in [2.75, 3.05) is 5.73 Å². The second kappa shape index (κ2) is 4.37. The highest BCUT2D eigenvalue weighted by Crippen LogP contribution is 2.37. The van der Waals surface area contributed by atoms with Gasteiger partial charge in [-0.2, -0.15) is 0 Å². The molecule has 2 N–H and O–H groups in total. The minimum absolute atomic E-state index is 0.272. The molecule has 0 saturated heterocycles. The number of aromatic nitrogens is 1. The van der Waals surface area contributed by atoms with Crippen LogP contribution in [0.1, 0.15) is 35.8 Å². The zero-order valence-corrected chi connectivity index (χ0v) is 11.2. The van der Waals surface area contributed by atoms with E-state index in [1.54, 1.807) is 0 Å². The van der Waals surface area contributed by atoms with E-state index in [1.807, 2.05) is 18.2 Å². The van der Waals surface area contributed by atoms with Gasteiger partial charge in [0.05, 0.1) is 5.92 Å². The topological polar surface area (TPSA) is 52.0 Å². The lowest BCUT2D eigenvalue weighted by molar-refractivity contribution is 0.465. The number of fused-ring (bicyclic) bond motifs is 2. The standard InChI is InChI=1S/C17H16N2O/c18-12-8-9-15-16(10-12)20-17(19-15)14-7-3-5-11-4-1-2-6-13(11)14/h1-2,4,6,8-10,14H,3,5,7,18H2. The predicted octanol–water partition coefficient (Wildman–Crippen LogP) is 3.88. The normalized spacial score (nSPS) is 18.1. The summed E-state index contributed by atoms with van der Waals surface area (Å²) < 4.78 is 5.95. The second-order valence-corrected chi connectivity index (χ2v) is 5.42. The minimum Gasteiger partial charge on any atom is -0.440 e. The third-order valence-electron chi connectivity index (χ3n) is 4.10. The van der Waals surface area contributed by atoms with Crippen LogP contribution in [0.15, 0.2) is 46.9 Å². The predicted molar refractivity (Wildman–Crippen MR) is 79.6 cm³/mol. The van der Waals surface area contributed by atoms with E-state index in [4.69, 9.17) is 10.2 Å². The molecule has 0 radical (unpaired) electrons. The zero-order valence-electron chi connectivity index (χ0n) is 11.2. The molecule has 3 aromatic rings. The summed E-state index contributed by atoms with van der Waals surface area (Å²) >= 11 is 0. The average molecular weight is 264 g/mol. The lowest BCUT2D eigenvalue weighted by Gasteiger charge is -2.22. The molecule has 0 bridgehead atoms. The van der Waals surface area contributed by atoms with Crippen LogP contribution in [0.5, 0.6) is 0 Å². The quantitative estimate of drug-likeness (QED) is 0.679. The molecule has 0 fully saturated rings. The number of nitrogen functional groups attached to an aromatic ring is 1. The Hall–Kier alpha value is -2.29. The van der Waals surface area contributed by atoms with Gasteiger partial charge < -0.3 is 10.2 Å². The number of aryl methyl sites for hydroxylation is 1. The zero-order chi connectivity index (χ0) is 13.5. The largest absolute Gasteiger partial charge is 0.440 e. The number of oxazole rings is 1. The van der Waals surface area contributed by atoms with E-state index >= 15 is 0 Å². The van der Waals surface area contributed by atoms with Crippen molar-refractivity contribution in [3.63, 3.8) is 0 Å². The molecule has 4 rings (SSSR count). The van der Waals surface area contributed by atoms with Gasteiger partial charge in [-0.1, -0.05) is 24.3 Å². The average Bonchev–Trinajstić information content (AvgIpc) is 2.89. The summed E-state index contributed by atoms with van der Waals surface area (Å²) in [6.45, 7) is 0. The molecule has 1 aliphatic rings. The molecule has 100 valence electrons. The van der Waals surface area contributed by atoms with Crippen LogP contribution in [0.3, 0.4) is 0 Å². The first-order chi connectivity index (χ1) is 9.81. The Labute approximate surface area is 117 Å². The van der Waals surface area contributed by atoms with Crippen LogP contribution in [-0.2, 0) is 6.42 Å². The van der Waals surface area contributed by atoms with E-state index in [2.05, 4.69) is 29.2 Å². The Morgan fingerprint density at radius 3 is 3.00 bits per heavy atom. The third-order valence-corrected chi connectivity index (χ3v) is 4.10. The molecular weight excluding hydrogens is 248 g/mol. The fraction of sp³-hybridized carbons (Fsp3) is 0.235. The lowest BCUT2D eigenvalue weighted by Crippen LogP contribution is -2.10. The van der Waals surface area contributed by atoms with Gasteiger partial charge in [0.2, 0.25) is 5.89 Å². The molecule has 1 heterocycles. The maximum absolute atomic E-state index is 5.95. The summed E-state index contributed by atoms with van der Waals surface area (Å²) in [5.41, 5.74) is 11.0. The van der Waals surface area contributed by atoms with Gasteiger partial charge in [0, 0.05) is 11.8 Å². The lowest BCUT2D eigenvalue weighted by atomic mass is 9.83. The molecule has 0 aliphatic heterocycles. The minimum atomic E-state index is 0.272. The van der Waals surface area contributed by atoms with Gasteiger partial charge in [-0.15, -0.1) is 0 Å². The molecule has 3 heteroatoms. The maximum Gasteiger partial charge on any atom is 0.203 e. The highest BCUT2D eigenvalue weighted by Gasteiger charge is 2.25. The molecule has 0 spiro atoms. The summed E-state index contributed by atoms with van der Waals surface area (Å²) in [4.78, 5) is 4.65. The molecule has 1 unspecified atom stereocenters. The van der Waals surface area contributed by atoms with Crippen molar-refractivity contribution >= 4 is 16.8 Å². The fourth-order valence-electron chi connectivity index (χ4n) is 3.12. The van der Waals surface area contributed by atoms with Crippen LogP contribution < -0.4 is 5.73 Å². The van der Waals surface area contributed by atoms with Gasteiger partial charge in [-0.25, -0.2) is 4.98 Å². The van der Waals surface area contributed by atoms with Crippen molar-refractivity contribution in [2.24, 2.45) is 0 Å². The van der Waals surface area contributed by atoms with E-state index in [9.17, 15) is 0 Å². The maximum atomic E-state index is 5.95. The van der Waals surface area contributed by atoms with Crippen molar-refractivity contribution < 1.29 is 4.42 Å². The Morgan fingerprint density at radius 1 is 1.15 bits per heavy atom. The van der Waals surface area contributed by atoms with Gasteiger partial charge in [-0.3, -0.25) is 0 Å². The number of hydrogen-bond acceptors (Lipinski definition) is 3. The Kier molecular flexibility index (Phi) is 2.52. The molecule has 1 aromatic heterocycles. The van der Waals surface area contributed by atoms with E-state index in [1.165, 1.54) is 17.5 Å². The van der Waals surface area contributed by atoms with E-state index in [0.29, 0.717) is 5.69 Å². The van der Waals surface area contributed by atoms with Crippen molar-refractivity contribution in [1.29, 1.82) is 0 Å². The number of rotatable bonds is 1. The van der Waals surface area contributed by atoms with Crippen molar-refractivity contribution in [2.45, 2.75) is 25.2 Å². The Balaban J connectivity index is 1.84. The number of hydrogen-bond donors (Lipinski definition) is 1. The summed E-state index contributed by atoms with van der Waals surface area (Å²) in [6, 6.07) is 14.2. The summed E-state index contributed by atoms with van der Waals surface area (Å²) in [7, 11) is 0. The molecule has 1 aliphatic carbocycles. The van der Waals surface area contributed by atoms with Crippen LogP contribution in [0.25, 0.3) is 11.1 Å². The first kappa shape index (κ1) is 11.5. The number of nitrogens with two attached hydrogens (primary N) is 1. The van der Waals surface area contributed by atoms with Crippen molar-refractivity contribution in [3.05, 3.63) is 59.5 Å². The van der Waals surface area contributed by atoms with Gasteiger partial charge in [0.25, 0.3) is 0 Å². The number of nitrogens with zero attached hydrogens (tertiary/aromatic N) is 1. The first-order valence-corrected chi connectivity index (χ1v) is 7.05. The highest BCUT2D eigenvalue weighted by molar-refractivity contribution is 5.76. The van der Waals surface area contributed by atoms with Crippen LogP contribution in [-0.4, -0.2) is 4.98 Å². The summed E-state index contributed by atoms with van der Waals surface area (Å²) in [5, 5.41) is 0. The van der Waals surface area contributed by atoms with Crippen LogP contribution in [0.2, 0.25) is 0 Å². The smallest absolute Gasteiger partial charge is 0.203 e. The Morgan fingerprint density at radius 2 is 2.05 bits per heavy atom.